The van der Waals surface area contributed by atoms with Crippen LogP contribution in [0.15, 0.2) is 48.8 Å². The van der Waals surface area contributed by atoms with Gasteiger partial charge in [-0.1, -0.05) is 30.3 Å². The van der Waals surface area contributed by atoms with Crippen LogP contribution in [0.3, 0.4) is 0 Å². The summed E-state index contributed by atoms with van der Waals surface area (Å²) in [4.78, 5) is 22.4. The highest BCUT2D eigenvalue weighted by molar-refractivity contribution is 5.75. The van der Waals surface area contributed by atoms with Crippen LogP contribution in [-0.2, 0) is 11.2 Å². The van der Waals surface area contributed by atoms with E-state index >= 15 is 0 Å². The summed E-state index contributed by atoms with van der Waals surface area (Å²) in [6.45, 7) is 1.34. The van der Waals surface area contributed by atoms with Gasteiger partial charge in [0.2, 0.25) is 5.95 Å². The quantitative estimate of drug-likeness (QED) is 0.938. The van der Waals surface area contributed by atoms with Crippen molar-refractivity contribution in [3.63, 3.8) is 0 Å². The number of hydrogen-bond donors (Lipinski definition) is 1. The Morgan fingerprint density at radius 3 is 2.32 bits per heavy atom. The monoisotopic (exact) mass is 297 g/mol. The molecule has 5 nitrogen and oxygen atoms in total. The van der Waals surface area contributed by atoms with Gasteiger partial charge in [0.1, 0.15) is 0 Å². The van der Waals surface area contributed by atoms with Crippen molar-refractivity contribution in [1.29, 1.82) is 0 Å². The fourth-order valence-electron chi connectivity index (χ4n) is 3.04. The predicted molar refractivity (Wildman–Crippen MR) is 83.7 cm³/mol. The number of aromatic nitrogens is 2. The fourth-order valence-corrected chi connectivity index (χ4v) is 3.04. The number of carboxylic acids is 1. The van der Waals surface area contributed by atoms with E-state index in [1.807, 2.05) is 30.3 Å². The molecule has 1 aliphatic rings. The van der Waals surface area contributed by atoms with Gasteiger partial charge < -0.3 is 10.0 Å². The molecule has 22 heavy (non-hydrogen) atoms. The molecule has 1 aliphatic heterocycles. The maximum absolute atomic E-state index is 11.9. The molecule has 1 fully saturated rings. The van der Waals surface area contributed by atoms with Crippen molar-refractivity contribution in [2.45, 2.75) is 19.3 Å². The van der Waals surface area contributed by atoms with Gasteiger partial charge in [-0.15, -0.1) is 0 Å². The minimum Gasteiger partial charge on any atom is -0.481 e. The van der Waals surface area contributed by atoms with E-state index in [0.29, 0.717) is 38.3 Å². The van der Waals surface area contributed by atoms with Crippen LogP contribution in [0.2, 0.25) is 0 Å². The van der Waals surface area contributed by atoms with Gasteiger partial charge in [0.05, 0.1) is 5.41 Å². The lowest BCUT2D eigenvalue weighted by atomic mass is 9.74. The Labute approximate surface area is 129 Å². The fraction of sp³-hybridized carbons (Fsp3) is 0.353. The van der Waals surface area contributed by atoms with Crippen LogP contribution < -0.4 is 4.90 Å². The van der Waals surface area contributed by atoms with E-state index < -0.39 is 11.4 Å². The molecule has 1 aromatic carbocycles. The first-order valence-electron chi connectivity index (χ1n) is 7.49. The lowest BCUT2D eigenvalue weighted by molar-refractivity contribution is -0.150. The molecule has 0 saturated carbocycles. The number of carboxylic acid groups (broad SMARTS) is 1. The molecule has 5 heteroatoms. The van der Waals surface area contributed by atoms with E-state index in [1.54, 1.807) is 18.5 Å². The summed E-state index contributed by atoms with van der Waals surface area (Å²) >= 11 is 0. The van der Waals surface area contributed by atoms with Crippen LogP contribution in [0.5, 0.6) is 0 Å². The van der Waals surface area contributed by atoms with Gasteiger partial charge >= 0.3 is 5.97 Å². The second kappa shape index (κ2) is 6.13. The SMILES string of the molecule is O=C(O)C1(Cc2ccccc2)CCN(c2ncccn2)CC1. The molecule has 1 saturated heterocycles. The van der Waals surface area contributed by atoms with Crippen LogP contribution in [-0.4, -0.2) is 34.1 Å². The second-order valence-electron chi connectivity index (χ2n) is 5.78. The van der Waals surface area contributed by atoms with Gasteiger partial charge in [0, 0.05) is 25.5 Å². The number of benzene rings is 1. The Hall–Kier alpha value is -2.43. The molecule has 1 N–H and O–H groups in total. The summed E-state index contributed by atoms with van der Waals surface area (Å²) in [5.41, 5.74) is 0.390. The van der Waals surface area contributed by atoms with Gasteiger partial charge in [-0.3, -0.25) is 4.79 Å². The van der Waals surface area contributed by atoms with Crippen molar-refractivity contribution in [1.82, 2.24) is 9.97 Å². The maximum Gasteiger partial charge on any atom is 0.310 e. The summed E-state index contributed by atoms with van der Waals surface area (Å²) in [6, 6.07) is 11.6. The lowest BCUT2D eigenvalue weighted by Crippen LogP contribution is -2.46. The number of carbonyl (C=O) groups is 1. The van der Waals surface area contributed by atoms with Gasteiger partial charge in [0.15, 0.2) is 0 Å². The smallest absolute Gasteiger partial charge is 0.310 e. The van der Waals surface area contributed by atoms with Gasteiger partial charge in [-0.25, -0.2) is 9.97 Å². The van der Waals surface area contributed by atoms with Crippen LogP contribution in [0.4, 0.5) is 5.95 Å². The Balaban J connectivity index is 1.74. The van der Waals surface area contributed by atoms with Crippen LogP contribution in [0, 0.1) is 5.41 Å². The Bertz CT molecular complexity index is 623. The topological polar surface area (TPSA) is 66.3 Å². The normalized spacial score (nSPS) is 17.2. The standard InChI is InChI=1S/C17H19N3O2/c21-15(22)17(13-14-5-2-1-3-6-14)7-11-20(12-8-17)16-18-9-4-10-19-16/h1-6,9-10H,7-8,11-13H2,(H,21,22). The second-order valence-corrected chi connectivity index (χ2v) is 5.78. The lowest BCUT2D eigenvalue weighted by Gasteiger charge is -2.39. The molecule has 0 atom stereocenters. The van der Waals surface area contributed by atoms with E-state index in [0.717, 1.165) is 5.56 Å². The Kier molecular flexibility index (Phi) is 4.04. The number of anilines is 1. The summed E-state index contributed by atoms with van der Waals surface area (Å²) in [5.74, 6) is -0.0221. The molecular weight excluding hydrogens is 278 g/mol. The van der Waals surface area contributed by atoms with Crippen molar-refractivity contribution in [2.75, 3.05) is 18.0 Å². The van der Waals surface area contributed by atoms with Crippen molar-refractivity contribution in [3.05, 3.63) is 54.4 Å². The highest BCUT2D eigenvalue weighted by Gasteiger charge is 2.41. The summed E-state index contributed by atoms with van der Waals surface area (Å²) in [5, 5.41) is 9.76. The largest absolute Gasteiger partial charge is 0.481 e. The van der Waals surface area contributed by atoms with Gasteiger partial charge in [-0.05, 0) is 30.9 Å². The molecule has 0 radical (unpaired) electrons. The van der Waals surface area contributed by atoms with Crippen molar-refractivity contribution in [3.8, 4) is 0 Å². The highest BCUT2D eigenvalue weighted by Crippen LogP contribution is 2.36. The van der Waals surface area contributed by atoms with Crippen LogP contribution in [0.1, 0.15) is 18.4 Å². The molecule has 0 bridgehead atoms. The third-order valence-electron chi connectivity index (χ3n) is 4.39. The van der Waals surface area contributed by atoms with E-state index in [4.69, 9.17) is 0 Å². The molecule has 0 spiro atoms. The molecule has 114 valence electrons. The average molecular weight is 297 g/mol. The zero-order chi connectivity index (χ0) is 15.4. The molecule has 2 aromatic rings. The Morgan fingerprint density at radius 1 is 1.09 bits per heavy atom. The summed E-state index contributed by atoms with van der Waals surface area (Å²) < 4.78 is 0. The number of hydrogen-bond acceptors (Lipinski definition) is 4. The minimum absolute atomic E-state index is 0.576. The first kappa shape index (κ1) is 14.5. The molecule has 0 amide bonds. The number of rotatable bonds is 4. The van der Waals surface area contributed by atoms with E-state index in [9.17, 15) is 9.90 Å². The zero-order valence-corrected chi connectivity index (χ0v) is 12.4. The first-order chi connectivity index (χ1) is 10.7. The predicted octanol–water partition coefficient (Wildman–Crippen LogP) is 2.39. The number of aliphatic carboxylic acids is 1. The molecule has 2 heterocycles. The third-order valence-corrected chi connectivity index (χ3v) is 4.39. The van der Waals surface area contributed by atoms with E-state index in [1.165, 1.54) is 0 Å². The van der Waals surface area contributed by atoms with Crippen LogP contribution in [0.25, 0.3) is 0 Å². The van der Waals surface area contributed by atoms with Crippen molar-refractivity contribution < 1.29 is 9.90 Å². The van der Waals surface area contributed by atoms with E-state index in [2.05, 4.69) is 14.9 Å². The van der Waals surface area contributed by atoms with Crippen molar-refractivity contribution >= 4 is 11.9 Å². The molecular formula is C17H19N3O2. The van der Waals surface area contributed by atoms with Gasteiger partial charge in [-0.2, -0.15) is 0 Å². The number of piperidine rings is 1. The highest BCUT2D eigenvalue weighted by atomic mass is 16.4. The summed E-state index contributed by atoms with van der Waals surface area (Å²) in [6.07, 6.45) is 5.22. The maximum atomic E-state index is 11.9. The van der Waals surface area contributed by atoms with Gasteiger partial charge in [0.25, 0.3) is 0 Å². The van der Waals surface area contributed by atoms with Crippen molar-refractivity contribution in [2.24, 2.45) is 5.41 Å². The molecule has 0 aliphatic carbocycles. The van der Waals surface area contributed by atoms with E-state index in [-0.39, 0.29) is 0 Å². The van der Waals surface area contributed by atoms with Crippen LogP contribution >= 0.6 is 0 Å². The third kappa shape index (κ3) is 2.93. The Morgan fingerprint density at radius 2 is 1.73 bits per heavy atom. The average Bonchev–Trinajstić information content (AvgIpc) is 2.57. The molecule has 0 unspecified atom stereocenters. The first-order valence-corrected chi connectivity index (χ1v) is 7.49. The zero-order valence-electron chi connectivity index (χ0n) is 12.4. The number of nitrogens with zero attached hydrogens (tertiary/aromatic N) is 3. The summed E-state index contributed by atoms with van der Waals surface area (Å²) in [7, 11) is 0. The molecule has 1 aromatic heterocycles. The molecule has 3 rings (SSSR count). The minimum atomic E-state index is -0.704.